The van der Waals surface area contributed by atoms with E-state index in [1.807, 2.05) is 0 Å². The molecule has 0 aliphatic heterocycles. The summed E-state index contributed by atoms with van der Waals surface area (Å²) < 4.78 is 29.3. The van der Waals surface area contributed by atoms with Gasteiger partial charge in [-0.05, 0) is 23.8 Å². The third-order valence-corrected chi connectivity index (χ3v) is 5.12. The second-order valence-corrected chi connectivity index (χ2v) is 9.04. The summed E-state index contributed by atoms with van der Waals surface area (Å²) in [5.74, 6) is -0.111. The third-order valence-electron chi connectivity index (χ3n) is 3.06. The number of aliphatic hydroxyl groups is 2. The van der Waals surface area contributed by atoms with Crippen molar-refractivity contribution >= 4 is 63.6 Å². The van der Waals surface area contributed by atoms with E-state index < -0.39 is 20.7 Å². The molecule has 1 unspecified atom stereocenters. The maximum atomic E-state index is 11.4. The minimum atomic E-state index is -4.06. The van der Waals surface area contributed by atoms with Crippen LogP contribution in [0.4, 0.5) is 0 Å². The van der Waals surface area contributed by atoms with Gasteiger partial charge in [0.2, 0.25) is 5.91 Å². The third kappa shape index (κ3) is 14.9. The predicted octanol–water partition coefficient (Wildman–Crippen LogP) is -0.768. The molecule has 0 saturated carbocycles. The van der Waals surface area contributed by atoms with Crippen LogP contribution in [0, 0.1) is 5.41 Å². The molecule has 0 aliphatic rings. The number of aliphatic hydroxyl groups excluding tert-OH is 2. The first-order valence-corrected chi connectivity index (χ1v) is 9.91. The van der Waals surface area contributed by atoms with E-state index in [2.05, 4.69) is 10.6 Å². The first kappa shape index (κ1) is 26.1. The minimum Gasteiger partial charge on any atom is -1.00 e. The number of hydrogen-bond donors (Lipinski definition) is 5. The number of nitrogens with one attached hydrogen (secondary N) is 2. The molecule has 5 N–H and O–H groups in total. The molecule has 0 bridgehead atoms. The van der Waals surface area contributed by atoms with Gasteiger partial charge in [-0.2, -0.15) is 8.42 Å². The molecule has 136 valence electrons. The number of amides is 1. The molecule has 0 saturated heterocycles. The Morgan fingerprint density at radius 3 is 2.48 bits per heavy atom. The Bertz CT molecular complexity index is 443. The van der Waals surface area contributed by atoms with Crippen molar-refractivity contribution in [2.45, 2.75) is 32.8 Å². The number of carbonyl (C=O) groups excluding carboxylic acids is 1. The fraction of sp³-hybridized carbons (Fsp3) is 0.917. The van der Waals surface area contributed by atoms with Gasteiger partial charge in [0.15, 0.2) is 0 Å². The van der Waals surface area contributed by atoms with Crippen LogP contribution in [0.25, 0.3) is 0 Å². The van der Waals surface area contributed by atoms with E-state index in [1.54, 1.807) is 13.8 Å². The topological polar surface area (TPSA) is 136 Å². The number of hydrogen-bond acceptors (Lipinski definition) is 7. The van der Waals surface area contributed by atoms with Crippen LogP contribution >= 0.6 is 10.8 Å². The SMILES string of the molecule is CC(C)(CO)C(O)CNCCCC(=O)NCCSS(=O)(=O)O.[Ca+2].[H-].[H-]. The van der Waals surface area contributed by atoms with Gasteiger partial charge in [0.1, 0.15) is 0 Å². The zero-order valence-corrected chi connectivity index (χ0v) is 17.5. The van der Waals surface area contributed by atoms with Crippen LogP contribution in [0.3, 0.4) is 0 Å². The van der Waals surface area contributed by atoms with Gasteiger partial charge in [-0.15, -0.1) is 0 Å². The predicted molar refractivity (Wildman–Crippen MR) is 94.0 cm³/mol. The monoisotopic (exact) mass is 400 g/mol. The molecule has 11 heteroatoms. The van der Waals surface area contributed by atoms with E-state index in [0.29, 0.717) is 30.3 Å². The van der Waals surface area contributed by atoms with Crippen molar-refractivity contribution in [1.82, 2.24) is 10.6 Å². The zero-order chi connectivity index (χ0) is 17.2. The van der Waals surface area contributed by atoms with Gasteiger partial charge in [0.05, 0.1) is 12.7 Å². The first-order chi connectivity index (χ1) is 10.1. The summed E-state index contributed by atoms with van der Waals surface area (Å²) in [7, 11) is -3.69. The first-order valence-electron chi connectivity index (χ1n) is 6.96. The van der Waals surface area contributed by atoms with Crippen LogP contribution in [0.1, 0.15) is 29.5 Å². The van der Waals surface area contributed by atoms with E-state index in [4.69, 9.17) is 9.66 Å². The molecule has 0 spiro atoms. The Morgan fingerprint density at radius 2 is 1.96 bits per heavy atom. The molecular formula is C12H28CaN2O6S2. The van der Waals surface area contributed by atoms with E-state index in [9.17, 15) is 18.3 Å². The second kappa shape index (κ2) is 13.1. The second-order valence-electron chi connectivity index (χ2n) is 5.57. The molecule has 0 heterocycles. The molecule has 0 fully saturated rings. The van der Waals surface area contributed by atoms with Crippen LogP contribution in [0.5, 0.6) is 0 Å². The summed E-state index contributed by atoms with van der Waals surface area (Å²) in [4.78, 5) is 11.4. The van der Waals surface area contributed by atoms with Gasteiger partial charge >= 0.3 is 46.9 Å². The van der Waals surface area contributed by atoms with Crippen molar-refractivity contribution in [2.24, 2.45) is 5.41 Å². The Balaban J connectivity index is -0.000000735. The van der Waals surface area contributed by atoms with Crippen molar-refractivity contribution in [3.8, 4) is 0 Å². The van der Waals surface area contributed by atoms with Crippen molar-refractivity contribution in [3.63, 3.8) is 0 Å². The molecule has 0 aromatic rings. The van der Waals surface area contributed by atoms with E-state index in [1.165, 1.54) is 0 Å². The Morgan fingerprint density at radius 1 is 1.35 bits per heavy atom. The average Bonchev–Trinajstić information content (AvgIpc) is 2.42. The Labute approximate surface area is 174 Å². The number of rotatable bonds is 12. The van der Waals surface area contributed by atoms with Crippen molar-refractivity contribution < 1.29 is 30.8 Å². The maximum Gasteiger partial charge on any atom is 2.00 e. The minimum absolute atomic E-state index is 0. The van der Waals surface area contributed by atoms with E-state index in [0.717, 1.165) is 0 Å². The fourth-order valence-corrected chi connectivity index (χ4v) is 2.70. The van der Waals surface area contributed by atoms with Crippen molar-refractivity contribution in [3.05, 3.63) is 0 Å². The van der Waals surface area contributed by atoms with Crippen LogP contribution in [0.15, 0.2) is 0 Å². The van der Waals surface area contributed by atoms with Crippen LogP contribution in [-0.2, 0) is 13.9 Å². The van der Waals surface area contributed by atoms with Crippen molar-refractivity contribution in [1.29, 1.82) is 0 Å². The van der Waals surface area contributed by atoms with Crippen LogP contribution < -0.4 is 10.6 Å². The van der Waals surface area contributed by atoms with Crippen molar-refractivity contribution in [2.75, 3.05) is 32.0 Å². The standard InChI is InChI=1S/C12H26N2O6S2.Ca.2H/c1-12(2,9-15)10(16)8-13-5-3-4-11(17)14-6-7-21-22(18,19)20;;;/h10,13,15-16H,3-9H2,1-2H3,(H,14,17)(H,18,19,20);;;/q;+2;2*-1. The van der Waals surface area contributed by atoms with Gasteiger partial charge in [-0.1, -0.05) is 13.8 Å². The molecule has 0 aromatic heterocycles. The van der Waals surface area contributed by atoms with Gasteiger partial charge in [0, 0.05) is 30.7 Å². The van der Waals surface area contributed by atoms with E-state index in [-0.39, 0.29) is 71.8 Å². The summed E-state index contributed by atoms with van der Waals surface area (Å²) in [6, 6.07) is 0. The summed E-state index contributed by atoms with van der Waals surface area (Å²) in [6.07, 6.45) is 0.177. The summed E-state index contributed by atoms with van der Waals surface area (Å²) in [5.41, 5.74) is -0.574. The summed E-state index contributed by atoms with van der Waals surface area (Å²) in [5, 5.41) is 24.5. The molecule has 23 heavy (non-hydrogen) atoms. The Hall–Kier alpha value is 0.870. The molecule has 1 atom stereocenters. The molecule has 0 rings (SSSR count). The largest absolute Gasteiger partial charge is 2.00 e. The van der Waals surface area contributed by atoms with Gasteiger partial charge in [-0.3, -0.25) is 9.35 Å². The molecule has 1 amide bonds. The smallest absolute Gasteiger partial charge is 1.00 e. The van der Waals surface area contributed by atoms with Crippen LogP contribution in [-0.4, -0.2) is 105 Å². The van der Waals surface area contributed by atoms with Gasteiger partial charge < -0.3 is 23.7 Å². The van der Waals surface area contributed by atoms with Gasteiger partial charge in [-0.25, -0.2) is 0 Å². The molecule has 0 aromatic carbocycles. The quantitative estimate of drug-likeness (QED) is 0.125. The maximum absolute atomic E-state index is 11.4. The molecule has 0 aliphatic carbocycles. The number of carbonyl (C=O) groups is 1. The van der Waals surface area contributed by atoms with E-state index >= 15 is 0 Å². The fourth-order valence-electron chi connectivity index (χ4n) is 1.42. The normalized spacial score (nSPS) is 13.3. The molecule has 8 nitrogen and oxygen atoms in total. The average molecular weight is 401 g/mol. The summed E-state index contributed by atoms with van der Waals surface area (Å²) >= 11 is 0. The summed E-state index contributed by atoms with van der Waals surface area (Å²) in [6.45, 7) is 4.46. The van der Waals surface area contributed by atoms with Crippen LogP contribution in [0.2, 0.25) is 0 Å². The molecule has 0 radical (unpaired) electrons. The Kier molecular flexibility index (Phi) is 14.9. The molecular weight excluding hydrogens is 372 g/mol. The van der Waals surface area contributed by atoms with Gasteiger partial charge in [0.25, 0.3) is 0 Å². The zero-order valence-electron chi connectivity index (χ0n) is 15.6.